The summed E-state index contributed by atoms with van der Waals surface area (Å²) in [7, 11) is 1.24. The Morgan fingerprint density at radius 3 is 2.00 bits per heavy atom. The number of methoxy groups -OCH3 is 1. The van der Waals surface area contributed by atoms with Crippen molar-refractivity contribution in [1.29, 1.82) is 0 Å². The topological polar surface area (TPSA) is 143 Å². The van der Waals surface area contributed by atoms with Gasteiger partial charge in [0, 0.05) is 6.42 Å². The molecule has 4 N–H and O–H groups in total. The van der Waals surface area contributed by atoms with Crippen LogP contribution in [0, 0.1) is 5.92 Å². The van der Waals surface area contributed by atoms with E-state index in [1.807, 2.05) is 13.8 Å². The molecule has 0 aliphatic rings. The SMILES string of the molecule is COC(=O)[C@H](CC(C)C)NC(=O)C(C)(C)NC(=O)[C@H](Cc1ccc(O)cc1)NC(=O)OC(C)(C)C. The van der Waals surface area contributed by atoms with Gasteiger partial charge in [0.25, 0.3) is 0 Å². The van der Waals surface area contributed by atoms with Gasteiger partial charge in [-0.1, -0.05) is 26.0 Å². The van der Waals surface area contributed by atoms with E-state index < -0.39 is 47.1 Å². The maximum atomic E-state index is 13.2. The Hall–Kier alpha value is -3.30. The van der Waals surface area contributed by atoms with Crippen LogP contribution >= 0.6 is 0 Å². The minimum Gasteiger partial charge on any atom is -0.508 e. The summed E-state index contributed by atoms with van der Waals surface area (Å²) in [6.45, 7) is 11.9. The summed E-state index contributed by atoms with van der Waals surface area (Å²) in [4.78, 5) is 50.6. The minimum absolute atomic E-state index is 0.0641. The van der Waals surface area contributed by atoms with E-state index in [1.165, 1.54) is 33.1 Å². The van der Waals surface area contributed by atoms with E-state index >= 15 is 0 Å². The van der Waals surface area contributed by atoms with Crippen LogP contribution in [0.1, 0.15) is 60.5 Å². The number of amides is 3. The number of benzene rings is 1. The van der Waals surface area contributed by atoms with Gasteiger partial charge in [-0.3, -0.25) is 9.59 Å². The number of carbonyl (C=O) groups is 4. The molecule has 3 amide bonds. The smallest absolute Gasteiger partial charge is 0.408 e. The van der Waals surface area contributed by atoms with E-state index in [4.69, 9.17) is 9.47 Å². The highest BCUT2D eigenvalue weighted by Crippen LogP contribution is 2.14. The minimum atomic E-state index is -1.41. The fourth-order valence-electron chi connectivity index (χ4n) is 3.15. The molecule has 0 heterocycles. The average molecular weight is 494 g/mol. The number of nitrogens with one attached hydrogen (secondary N) is 3. The molecule has 10 nitrogen and oxygen atoms in total. The fraction of sp³-hybridized carbons (Fsp3) is 0.600. The van der Waals surface area contributed by atoms with Gasteiger partial charge in [-0.05, 0) is 64.7 Å². The maximum Gasteiger partial charge on any atom is 0.408 e. The van der Waals surface area contributed by atoms with Crippen LogP contribution in [-0.4, -0.2) is 59.3 Å². The lowest BCUT2D eigenvalue weighted by Crippen LogP contribution is -2.61. The van der Waals surface area contributed by atoms with Crippen molar-refractivity contribution in [2.45, 2.75) is 84.5 Å². The number of phenols is 1. The molecule has 0 aliphatic carbocycles. The lowest BCUT2D eigenvalue weighted by atomic mass is 9.98. The molecule has 0 radical (unpaired) electrons. The second-order valence-electron chi connectivity index (χ2n) is 10.4. The summed E-state index contributed by atoms with van der Waals surface area (Å²) in [5.41, 5.74) is -1.52. The predicted molar refractivity (Wildman–Crippen MR) is 131 cm³/mol. The van der Waals surface area contributed by atoms with E-state index in [0.29, 0.717) is 12.0 Å². The number of phenolic OH excluding ortho intramolecular Hbond substituents is 1. The molecule has 0 saturated carbocycles. The van der Waals surface area contributed by atoms with E-state index in [1.54, 1.807) is 32.9 Å². The second-order valence-corrected chi connectivity index (χ2v) is 10.4. The average Bonchev–Trinajstić information content (AvgIpc) is 2.71. The molecule has 0 aliphatic heterocycles. The van der Waals surface area contributed by atoms with Crippen LogP contribution in [0.25, 0.3) is 0 Å². The monoisotopic (exact) mass is 493 g/mol. The quantitative estimate of drug-likeness (QED) is 0.367. The van der Waals surface area contributed by atoms with Gasteiger partial charge in [0.2, 0.25) is 11.8 Å². The maximum absolute atomic E-state index is 13.2. The van der Waals surface area contributed by atoms with Crippen LogP contribution in [0.3, 0.4) is 0 Å². The lowest BCUT2D eigenvalue weighted by molar-refractivity contribution is -0.146. The third-order valence-electron chi connectivity index (χ3n) is 4.89. The predicted octanol–water partition coefficient (Wildman–Crippen LogP) is 2.43. The van der Waals surface area contributed by atoms with Crippen LogP contribution in [0.2, 0.25) is 0 Å². The molecule has 0 bridgehead atoms. The first-order chi connectivity index (χ1) is 16.0. The summed E-state index contributed by atoms with van der Waals surface area (Å²) in [5, 5.41) is 17.4. The van der Waals surface area contributed by atoms with E-state index in [2.05, 4.69) is 16.0 Å². The van der Waals surface area contributed by atoms with Gasteiger partial charge < -0.3 is 30.5 Å². The molecular weight excluding hydrogens is 454 g/mol. The van der Waals surface area contributed by atoms with E-state index in [-0.39, 0.29) is 18.1 Å². The standard InChI is InChI=1S/C25H39N3O7/c1-15(2)13-19(21(31)34-8)26-22(32)25(6,7)28-20(30)18(27-23(33)35-24(3,4)5)14-16-9-11-17(29)12-10-16/h9-12,15,18-19,29H,13-14H2,1-8H3,(H,26,32)(H,27,33)(H,28,30)/t18-,19-/m0/s1. The molecule has 1 aromatic carbocycles. The Kier molecular flexibility index (Phi) is 10.5. The highest BCUT2D eigenvalue weighted by molar-refractivity contribution is 5.95. The third-order valence-corrected chi connectivity index (χ3v) is 4.89. The van der Waals surface area contributed by atoms with E-state index in [9.17, 15) is 24.3 Å². The highest BCUT2D eigenvalue weighted by Gasteiger charge is 2.36. The zero-order valence-electron chi connectivity index (χ0n) is 21.9. The molecule has 1 aromatic rings. The van der Waals surface area contributed by atoms with Gasteiger partial charge in [0.15, 0.2) is 0 Å². The molecule has 0 unspecified atom stereocenters. The van der Waals surface area contributed by atoms with Crippen molar-refractivity contribution in [2.75, 3.05) is 7.11 Å². The number of alkyl carbamates (subject to hydrolysis) is 1. The molecule has 0 aromatic heterocycles. The van der Waals surface area contributed by atoms with Crippen molar-refractivity contribution in [2.24, 2.45) is 5.92 Å². The van der Waals surface area contributed by atoms with Gasteiger partial charge in [-0.25, -0.2) is 9.59 Å². The fourth-order valence-corrected chi connectivity index (χ4v) is 3.15. The first-order valence-electron chi connectivity index (χ1n) is 11.5. The first kappa shape index (κ1) is 29.7. The van der Waals surface area contributed by atoms with Gasteiger partial charge in [-0.15, -0.1) is 0 Å². The van der Waals surface area contributed by atoms with Crippen molar-refractivity contribution in [3.05, 3.63) is 29.8 Å². The molecule has 1 rings (SSSR count). The lowest BCUT2D eigenvalue weighted by Gasteiger charge is -2.30. The van der Waals surface area contributed by atoms with Crippen molar-refractivity contribution in [3.63, 3.8) is 0 Å². The molecule has 10 heteroatoms. The Morgan fingerprint density at radius 2 is 1.51 bits per heavy atom. The third kappa shape index (κ3) is 10.7. The van der Waals surface area contributed by atoms with Gasteiger partial charge in [0.05, 0.1) is 7.11 Å². The number of esters is 1. The van der Waals surface area contributed by atoms with Crippen LogP contribution < -0.4 is 16.0 Å². The number of rotatable bonds is 10. The summed E-state index contributed by atoms with van der Waals surface area (Å²) in [6, 6.07) is 4.24. The number of hydrogen-bond donors (Lipinski definition) is 4. The van der Waals surface area contributed by atoms with Crippen molar-refractivity contribution >= 4 is 23.9 Å². The normalized spacial score (nSPS) is 13.4. The highest BCUT2D eigenvalue weighted by atomic mass is 16.6. The van der Waals surface area contributed by atoms with Crippen LogP contribution in [0.4, 0.5) is 4.79 Å². The van der Waals surface area contributed by atoms with Gasteiger partial charge in [-0.2, -0.15) is 0 Å². The molecule has 196 valence electrons. The van der Waals surface area contributed by atoms with Gasteiger partial charge in [0.1, 0.15) is 29.0 Å². The van der Waals surface area contributed by atoms with Crippen LogP contribution in [0.15, 0.2) is 24.3 Å². The molecule has 0 fully saturated rings. The Balaban J connectivity index is 3.04. The summed E-state index contributed by atoms with van der Waals surface area (Å²) in [5.74, 6) is -1.60. The summed E-state index contributed by atoms with van der Waals surface area (Å²) in [6.07, 6.45) is -0.339. The largest absolute Gasteiger partial charge is 0.508 e. The Labute approximate surface area is 207 Å². The van der Waals surface area contributed by atoms with Crippen LogP contribution in [0.5, 0.6) is 5.75 Å². The zero-order valence-corrected chi connectivity index (χ0v) is 21.9. The molecule has 0 saturated heterocycles. The zero-order chi connectivity index (χ0) is 27.0. The Bertz CT molecular complexity index is 889. The Morgan fingerprint density at radius 1 is 0.943 bits per heavy atom. The molecular formula is C25H39N3O7. The molecule has 35 heavy (non-hydrogen) atoms. The van der Waals surface area contributed by atoms with Crippen molar-refractivity contribution < 1.29 is 33.8 Å². The van der Waals surface area contributed by atoms with Crippen molar-refractivity contribution in [3.8, 4) is 5.75 Å². The number of carbonyl (C=O) groups excluding carboxylic acids is 4. The number of ether oxygens (including phenoxy) is 2. The summed E-state index contributed by atoms with van der Waals surface area (Å²) >= 11 is 0. The molecule has 0 spiro atoms. The van der Waals surface area contributed by atoms with Gasteiger partial charge >= 0.3 is 12.1 Å². The van der Waals surface area contributed by atoms with Crippen LogP contribution in [-0.2, 0) is 30.3 Å². The molecule has 2 atom stereocenters. The number of hydrogen-bond acceptors (Lipinski definition) is 7. The number of aromatic hydroxyl groups is 1. The van der Waals surface area contributed by atoms with E-state index in [0.717, 1.165) is 0 Å². The summed E-state index contributed by atoms with van der Waals surface area (Å²) < 4.78 is 10.1. The van der Waals surface area contributed by atoms with Crippen molar-refractivity contribution in [1.82, 2.24) is 16.0 Å². The second kappa shape index (κ2) is 12.4. The first-order valence-corrected chi connectivity index (χ1v) is 11.5.